The van der Waals surface area contributed by atoms with E-state index in [0.29, 0.717) is 5.56 Å². The van der Waals surface area contributed by atoms with Gasteiger partial charge in [0.1, 0.15) is 17.1 Å². The van der Waals surface area contributed by atoms with E-state index in [9.17, 15) is 14.9 Å². The number of nitrogens with zero attached hydrogens (tertiary/aromatic N) is 3. The van der Waals surface area contributed by atoms with E-state index in [-0.39, 0.29) is 19.0 Å². The minimum atomic E-state index is -1.63. The Morgan fingerprint density at radius 1 is 1.17 bits per heavy atom. The van der Waals surface area contributed by atoms with Gasteiger partial charge in [-0.3, -0.25) is 0 Å². The molecule has 1 saturated carbocycles. The van der Waals surface area contributed by atoms with Crippen LogP contribution in [-0.2, 0) is 9.47 Å². The van der Waals surface area contributed by atoms with Crippen LogP contribution in [-0.4, -0.2) is 25.0 Å². The maximum atomic E-state index is 13.3. The lowest BCUT2D eigenvalue weighted by Crippen LogP contribution is -2.43. The van der Waals surface area contributed by atoms with Gasteiger partial charge in [-0.25, -0.2) is 9.38 Å². The van der Waals surface area contributed by atoms with Gasteiger partial charge < -0.3 is 15.2 Å². The molecular formula is C17H17FN4O2. The van der Waals surface area contributed by atoms with Gasteiger partial charge in [0, 0.05) is 19.1 Å². The van der Waals surface area contributed by atoms with Crippen LogP contribution in [0.1, 0.15) is 25.3 Å². The first kappa shape index (κ1) is 16.4. The fraction of sp³-hybridized carbons (Fsp3) is 0.471. The zero-order chi connectivity index (χ0) is 17.6. The Bertz CT molecular complexity index is 773. The lowest BCUT2D eigenvalue weighted by atomic mass is 9.93. The van der Waals surface area contributed by atoms with Crippen molar-refractivity contribution in [1.29, 1.82) is 10.5 Å². The first-order chi connectivity index (χ1) is 11.5. The molecule has 24 heavy (non-hydrogen) atoms. The standard InChI is InChI=1S/C17H17FN4O2/c1-3-23-17(24-4-2)16(10-20)13(11-5-7-12(18)8-6-11)15(16,9-19)14(21)22-17/h5-8,13H,3-4H2,1-2H3,(H2,21,22)/t13-,15-,16+/m0/s1. The summed E-state index contributed by atoms with van der Waals surface area (Å²) in [6.45, 7) is 3.97. The predicted octanol–water partition coefficient (Wildman–Crippen LogP) is 2.04. The highest BCUT2D eigenvalue weighted by Crippen LogP contribution is 2.81. The molecule has 2 aliphatic rings. The number of benzene rings is 1. The molecule has 0 aromatic heterocycles. The molecule has 3 rings (SSSR count). The van der Waals surface area contributed by atoms with E-state index in [1.54, 1.807) is 26.0 Å². The second-order valence-corrected chi connectivity index (χ2v) is 5.77. The van der Waals surface area contributed by atoms with E-state index >= 15 is 0 Å². The van der Waals surface area contributed by atoms with Gasteiger partial charge in [0.15, 0.2) is 5.41 Å². The van der Waals surface area contributed by atoms with Crippen LogP contribution in [0.2, 0.25) is 0 Å². The second kappa shape index (κ2) is 5.27. The maximum absolute atomic E-state index is 13.3. The summed E-state index contributed by atoms with van der Waals surface area (Å²) in [6, 6.07) is 10.0. The van der Waals surface area contributed by atoms with Crippen molar-refractivity contribution in [2.75, 3.05) is 13.2 Å². The Morgan fingerprint density at radius 2 is 1.75 bits per heavy atom. The Labute approximate surface area is 139 Å². The number of rotatable bonds is 5. The smallest absolute Gasteiger partial charge is 0.293 e. The van der Waals surface area contributed by atoms with Crippen molar-refractivity contribution in [3.05, 3.63) is 35.6 Å². The molecule has 0 saturated heterocycles. The van der Waals surface area contributed by atoms with Crippen LogP contribution in [0.3, 0.4) is 0 Å². The molecular weight excluding hydrogens is 311 g/mol. The summed E-state index contributed by atoms with van der Waals surface area (Å²) in [5.74, 6) is -2.62. The van der Waals surface area contributed by atoms with Gasteiger partial charge in [-0.15, -0.1) is 0 Å². The molecule has 1 aliphatic heterocycles. The molecule has 1 aromatic rings. The van der Waals surface area contributed by atoms with Crippen molar-refractivity contribution in [1.82, 2.24) is 0 Å². The van der Waals surface area contributed by atoms with Gasteiger partial charge in [0.05, 0.1) is 12.1 Å². The monoisotopic (exact) mass is 328 g/mol. The lowest BCUT2D eigenvalue weighted by Gasteiger charge is -2.31. The summed E-state index contributed by atoms with van der Waals surface area (Å²) in [5.41, 5.74) is 3.94. The molecule has 0 radical (unpaired) electrons. The molecule has 0 amide bonds. The molecule has 0 bridgehead atoms. The Kier molecular flexibility index (Phi) is 3.60. The average Bonchev–Trinajstić information content (AvgIpc) is 3.15. The predicted molar refractivity (Wildman–Crippen MR) is 82.8 cm³/mol. The Hall–Kier alpha value is -2.48. The SMILES string of the molecule is CCOC1(OCC)N=C(N)[C@]2(C#N)[C@H](c3ccc(F)cc3)[C@@]12C#N. The van der Waals surface area contributed by atoms with Gasteiger partial charge in [-0.1, -0.05) is 12.1 Å². The van der Waals surface area contributed by atoms with Crippen LogP contribution in [0.15, 0.2) is 29.3 Å². The number of halogens is 1. The number of nitriles is 2. The van der Waals surface area contributed by atoms with Crippen molar-refractivity contribution in [2.45, 2.75) is 25.7 Å². The van der Waals surface area contributed by atoms with Gasteiger partial charge in [-0.2, -0.15) is 10.5 Å². The molecule has 0 spiro atoms. The van der Waals surface area contributed by atoms with Crippen LogP contribution in [0.25, 0.3) is 0 Å². The van der Waals surface area contributed by atoms with E-state index in [0.717, 1.165) is 0 Å². The highest BCUT2D eigenvalue weighted by atomic mass is 19.1. The normalized spacial score (nSPS) is 32.4. The summed E-state index contributed by atoms with van der Waals surface area (Å²) in [6.07, 6.45) is 0. The summed E-state index contributed by atoms with van der Waals surface area (Å²) in [5, 5.41) is 19.8. The number of hydrogen-bond donors (Lipinski definition) is 1. The van der Waals surface area contributed by atoms with Gasteiger partial charge >= 0.3 is 0 Å². The Morgan fingerprint density at radius 3 is 2.21 bits per heavy atom. The molecule has 1 heterocycles. The van der Waals surface area contributed by atoms with E-state index in [1.807, 2.05) is 0 Å². The van der Waals surface area contributed by atoms with E-state index < -0.39 is 28.5 Å². The van der Waals surface area contributed by atoms with Crippen LogP contribution >= 0.6 is 0 Å². The molecule has 1 aliphatic carbocycles. The highest BCUT2D eigenvalue weighted by Gasteiger charge is 2.93. The topological polar surface area (TPSA) is 104 Å². The van der Waals surface area contributed by atoms with Crippen LogP contribution in [0, 0.1) is 39.3 Å². The molecule has 7 heteroatoms. The van der Waals surface area contributed by atoms with Crippen molar-refractivity contribution in [2.24, 2.45) is 21.6 Å². The van der Waals surface area contributed by atoms with Crippen molar-refractivity contribution in [3.8, 4) is 12.1 Å². The van der Waals surface area contributed by atoms with Crippen LogP contribution in [0.5, 0.6) is 0 Å². The first-order valence-electron chi connectivity index (χ1n) is 7.71. The zero-order valence-electron chi connectivity index (χ0n) is 13.4. The number of amidine groups is 1. The number of ether oxygens (including phenoxy) is 2. The van der Waals surface area contributed by atoms with Crippen molar-refractivity contribution >= 4 is 5.84 Å². The van der Waals surface area contributed by atoms with Gasteiger partial charge in [0.25, 0.3) is 5.91 Å². The molecule has 1 fully saturated rings. The third kappa shape index (κ3) is 1.61. The average molecular weight is 328 g/mol. The molecule has 2 N–H and O–H groups in total. The quantitative estimate of drug-likeness (QED) is 0.833. The maximum Gasteiger partial charge on any atom is 0.293 e. The van der Waals surface area contributed by atoms with Crippen molar-refractivity contribution < 1.29 is 13.9 Å². The minimum Gasteiger partial charge on any atom is -0.386 e. The lowest BCUT2D eigenvalue weighted by molar-refractivity contribution is -0.255. The number of hydrogen-bond acceptors (Lipinski definition) is 6. The summed E-state index contributed by atoms with van der Waals surface area (Å²) in [4.78, 5) is 4.24. The largest absolute Gasteiger partial charge is 0.386 e. The highest BCUT2D eigenvalue weighted by molar-refractivity contribution is 6.00. The second-order valence-electron chi connectivity index (χ2n) is 5.77. The first-order valence-corrected chi connectivity index (χ1v) is 7.71. The zero-order valence-corrected chi connectivity index (χ0v) is 13.4. The van der Waals surface area contributed by atoms with Gasteiger partial charge in [0.2, 0.25) is 0 Å². The van der Waals surface area contributed by atoms with E-state index in [2.05, 4.69) is 17.1 Å². The summed E-state index contributed by atoms with van der Waals surface area (Å²) >= 11 is 0. The summed E-state index contributed by atoms with van der Waals surface area (Å²) < 4.78 is 24.7. The van der Waals surface area contributed by atoms with Crippen LogP contribution < -0.4 is 5.73 Å². The number of aliphatic imine (C=N–C) groups is 1. The summed E-state index contributed by atoms with van der Waals surface area (Å²) in [7, 11) is 0. The van der Waals surface area contributed by atoms with E-state index in [1.165, 1.54) is 12.1 Å². The molecule has 1 aromatic carbocycles. The molecule has 6 nitrogen and oxygen atoms in total. The molecule has 0 unspecified atom stereocenters. The van der Waals surface area contributed by atoms with Crippen molar-refractivity contribution in [3.63, 3.8) is 0 Å². The molecule has 124 valence electrons. The fourth-order valence-corrected chi connectivity index (χ4v) is 3.90. The molecule has 3 atom stereocenters. The third-order valence-corrected chi connectivity index (χ3v) is 4.81. The van der Waals surface area contributed by atoms with Gasteiger partial charge in [-0.05, 0) is 31.5 Å². The third-order valence-electron chi connectivity index (χ3n) is 4.81. The van der Waals surface area contributed by atoms with Crippen LogP contribution in [0.4, 0.5) is 4.39 Å². The minimum absolute atomic E-state index is 0.0165. The fourth-order valence-electron chi connectivity index (χ4n) is 3.90. The number of nitrogens with two attached hydrogens (primary N) is 1. The number of fused-ring (bicyclic) bond motifs is 1. The Balaban J connectivity index is 2.21. The van der Waals surface area contributed by atoms with E-state index in [4.69, 9.17) is 15.2 Å².